The van der Waals surface area contributed by atoms with Gasteiger partial charge in [0.25, 0.3) is 11.4 Å². The standard InChI is InChI=1S/C27H34N4O8.C20H31N3O4.C7H4ClNO4/c1-17(2)18(3)24(32)15-20(5-4-14-29-26(28)34)25(33)30-21-8-6-19(7-9-21)16-38-27(35)39-23-12-10-22(11-13-23)31(36)37;1-13(2)14(3)18(25)11-16(5-4-10-22-20(21)27)19(26)23-17-8-6-15(12-24)7-9-17;8-7(10)13-6-3-1-5(2-4-6)9(11)12/h6-13,17-18,20H,4-5,14-16H2,1-3H3,(H,30,33)(H3,28,29,34);6-9,13-14,16,24H,4-5,10-12H2,1-3H3,(H,23,26)(H3,21,22,27);1-4H/t18?,20-;14?,16-;/m11./s1. The van der Waals surface area contributed by atoms with E-state index in [2.05, 4.69) is 26.0 Å². The van der Waals surface area contributed by atoms with E-state index in [1.807, 2.05) is 41.5 Å². The molecule has 0 spiro atoms. The number of nitro benzene ring substituents is 2. The normalized spacial score (nSPS) is 12.0. The Morgan fingerprint density at radius 3 is 1.27 bits per heavy atom. The van der Waals surface area contributed by atoms with Crippen LogP contribution in [0, 0.1) is 55.7 Å². The molecule has 25 heteroatoms. The third kappa shape index (κ3) is 26.9. The van der Waals surface area contributed by atoms with Gasteiger partial charge < -0.3 is 52.1 Å². The van der Waals surface area contributed by atoms with Crippen LogP contribution in [0.1, 0.15) is 91.2 Å². The Bertz CT molecular complexity index is 2650. The number of Topliss-reactive ketones (excluding diaryl/α,β-unsaturated/α-hetero) is 2. The highest BCUT2D eigenvalue weighted by atomic mass is 35.5. The Morgan fingerprint density at radius 2 is 0.937 bits per heavy atom. The van der Waals surface area contributed by atoms with Gasteiger partial charge in [-0.1, -0.05) is 65.8 Å². The molecule has 0 heterocycles. The number of non-ortho nitro benzene ring substituents is 2. The largest absolute Gasteiger partial charge is 0.514 e. The van der Waals surface area contributed by atoms with Crippen molar-refractivity contribution in [2.75, 3.05) is 23.7 Å². The lowest BCUT2D eigenvalue weighted by atomic mass is 9.86. The summed E-state index contributed by atoms with van der Waals surface area (Å²) in [6.07, 6.45) is 1.17. The fourth-order valence-electron chi connectivity index (χ4n) is 6.87. The number of nitrogens with one attached hydrogen (secondary N) is 4. The third-order valence-corrected chi connectivity index (χ3v) is 12.3. The number of anilines is 2. The van der Waals surface area contributed by atoms with Crippen molar-refractivity contribution in [1.82, 2.24) is 10.6 Å². The Labute approximate surface area is 461 Å². The summed E-state index contributed by atoms with van der Waals surface area (Å²) in [5, 5.41) is 40.6. The molecule has 0 aliphatic rings. The number of nitro groups is 2. The van der Waals surface area contributed by atoms with Gasteiger partial charge in [-0.25, -0.2) is 19.2 Å². The number of rotatable bonds is 27. The maximum absolute atomic E-state index is 13.0. The summed E-state index contributed by atoms with van der Waals surface area (Å²) in [5.41, 5.74) is 11.4. The van der Waals surface area contributed by atoms with Crippen molar-refractivity contribution < 1.29 is 67.5 Å². The smallest absolute Gasteiger partial charge is 0.429 e. The molecular formula is C54H69ClN8O16. The van der Waals surface area contributed by atoms with E-state index in [9.17, 15) is 58.6 Å². The highest BCUT2D eigenvalue weighted by Gasteiger charge is 2.27. The van der Waals surface area contributed by atoms with Crippen LogP contribution in [-0.2, 0) is 37.1 Å². The van der Waals surface area contributed by atoms with Crippen molar-refractivity contribution >= 4 is 81.4 Å². The Morgan fingerprint density at radius 1 is 0.570 bits per heavy atom. The molecule has 9 N–H and O–H groups in total. The molecule has 0 fully saturated rings. The molecule has 4 rings (SSSR count). The molecule has 428 valence electrons. The summed E-state index contributed by atoms with van der Waals surface area (Å²) >= 11 is 4.92. The maximum Gasteiger partial charge on any atom is 0.514 e. The molecule has 0 bridgehead atoms. The summed E-state index contributed by atoms with van der Waals surface area (Å²) in [4.78, 5) is 114. The lowest BCUT2D eigenvalue weighted by molar-refractivity contribution is -0.385. The molecule has 4 aromatic carbocycles. The average Bonchev–Trinajstić information content (AvgIpc) is 3.40. The first-order valence-corrected chi connectivity index (χ1v) is 25.4. The molecule has 24 nitrogen and oxygen atoms in total. The van der Waals surface area contributed by atoms with Gasteiger partial charge in [-0.05, 0) is 97.2 Å². The summed E-state index contributed by atoms with van der Waals surface area (Å²) in [7, 11) is 0. The molecule has 4 aromatic rings. The second-order valence-electron chi connectivity index (χ2n) is 18.7. The van der Waals surface area contributed by atoms with Gasteiger partial charge in [0.2, 0.25) is 11.8 Å². The van der Waals surface area contributed by atoms with Gasteiger partial charge in [0, 0.05) is 96.8 Å². The number of aliphatic hydroxyl groups is 1. The molecule has 0 aliphatic heterocycles. The highest BCUT2D eigenvalue weighted by molar-refractivity contribution is 6.61. The molecule has 0 aliphatic carbocycles. The number of hydrogen-bond acceptors (Lipinski definition) is 16. The van der Waals surface area contributed by atoms with Crippen LogP contribution in [0.2, 0.25) is 0 Å². The molecular weight excluding hydrogens is 1050 g/mol. The molecule has 2 unspecified atom stereocenters. The van der Waals surface area contributed by atoms with E-state index in [1.54, 1.807) is 48.5 Å². The fraction of sp³-hybridized carbons (Fsp3) is 0.407. The van der Waals surface area contributed by atoms with E-state index in [-0.39, 0.29) is 96.0 Å². The van der Waals surface area contributed by atoms with Crippen LogP contribution in [0.3, 0.4) is 0 Å². The number of ether oxygens (including phenoxy) is 3. The number of primary amides is 2. The van der Waals surface area contributed by atoms with Gasteiger partial charge in [0.15, 0.2) is 0 Å². The first kappa shape index (κ1) is 66.6. The van der Waals surface area contributed by atoms with Gasteiger partial charge >= 0.3 is 23.6 Å². The zero-order valence-corrected chi connectivity index (χ0v) is 45.5. The van der Waals surface area contributed by atoms with Crippen molar-refractivity contribution in [3.8, 4) is 11.5 Å². The van der Waals surface area contributed by atoms with Crippen molar-refractivity contribution in [2.24, 2.45) is 47.0 Å². The van der Waals surface area contributed by atoms with Gasteiger partial charge in [-0.3, -0.25) is 39.4 Å². The van der Waals surface area contributed by atoms with E-state index >= 15 is 0 Å². The quantitative estimate of drug-likeness (QED) is 0.00730. The van der Waals surface area contributed by atoms with Crippen molar-refractivity contribution in [3.05, 3.63) is 128 Å². The summed E-state index contributed by atoms with van der Waals surface area (Å²) in [6.45, 7) is 12.1. The lowest BCUT2D eigenvalue weighted by Gasteiger charge is -2.20. The van der Waals surface area contributed by atoms with Crippen LogP contribution in [0.4, 0.5) is 41.9 Å². The second-order valence-corrected chi connectivity index (χ2v) is 19.0. The predicted octanol–water partition coefficient (Wildman–Crippen LogP) is 9.33. The van der Waals surface area contributed by atoms with Crippen molar-refractivity contribution in [1.29, 1.82) is 0 Å². The number of nitrogens with two attached hydrogens (primary N) is 2. The number of ketones is 2. The van der Waals surface area contributed by atoms with Crippen LogP contribution in [-0.4, -0.2) is 75.1 Å². The zero-order valence-electron chi connectivity index (χ0n) is 44.8. The number of halogens is 1. The Hall–Kier alpha value is -8.51. The van der Waals surface area contributed by atoms with Crippen LogP contribution in [0.5, 0.6) is 11.5 Å². The maximum atomic E-state index is 13.0. The SMILES string of the molecule is CC(C)C(C)C(=O)C[C@@H](CCCNC(N)=O)C(=O)Nc1ccc(CO)cc1.CC(C)C(C)C(=O)C[C@@H](CCCNC(N)=O)C(=O)Nc1ccc(COC(=O)Oc2ccc([N+](=O)[O-])cc2)cc1.O=C(Cl)Oc1ccc([N+](=O)[O-])cc1. The number of aliphatic hydroxyl groups excluding tert-OH is 1. The number of carbonyl (C=O) groups is 8. The second kappa shape index (κ2) is 35.0. The van der Waals surface area contributed by atoms with Crippen molar-refractivity contribution in [3.63, 3.8) is 0 Å². The molecule has 79 heavy (non-hydrogen) atoms. The van der Waals surface area contributed by atoms with Gasteiger partial charge in [-0.2, -0.15) is 0 Å². The van der Waals surface area contributed by atoms with Crippen molar-refractivity contribution in [2.45, 2.75) is 93.3 Å². The zero-order chi connectivity index (χ0) is 59.2. The molecule has 0 aromatic heterocycles. The minimum Gasteiger partial charge on any atom is -0.429 e. The number of carbonyl (C=O) groups excluding carboxylic acids is 8. The lowest BCUT2D eigenvalue weighted by Crippen LogP contribution is -2.32. The molecule has 0 saturated heterocycles. The first-order valence-electron chi connectivity index (χ1n) is 25.0. The molecule has 4 atom stereocenters. The Balaban J connectivity index is 0.000000458. The number of benzene rings is 4. The average molecular weight is 1120 g/mol. The van der Waals surface area contributed by atoms with E-state index in [1.165, 1.54) is 48.5 Å². The summed E-state index contributed by atoms with van der Waals surface area (Å²) in [5.74, 6) is -1.20. The van der Waals surface area contributed by atoms with E-state index in [0.717, 1.165) is 5.56 Å². The molecule has 6 amide bonds. The van der Waals surface area contributed by atoms with Gasteiger partial charge in [0.1, 0.15) is 29.7 Å². The highest BCUT2D eigenvalue weighted by Crippen LogP contribution is 2.24. The van der Waals surface area contributed by atoms with E-state index in [0.29, 0.717) is 55.7 Å². The predicted molar refractivity (Wildman–Crippen MR) is 293 cm³/mol. The third-order valence-electron chi connectivity index (χ3n) is 12.2. The van der Waals surface area contributed by atoms with Gasteiger partial charge in [-0.15, -0.1) is 0 Å². The monoisotopic (exact) mass is 1120 g/mol. The Kier molecular flexibility index (Phi) is 29.5. The number of hydrogen-bond donors (Lipinski definition) is 7. The van der Waals surface area contributed by atoms with Crippen LogP contribution < -0.4 is 42.2 Å². The van der Waals surface area contributed by atoms with Crippen LogP contribution >= 0.6 is 11.6 Å². The summed E-state index contributed by atoms with van der Waals surface area (Å²) in [6, 6.07) is 22.2. The molecule has 0 radical (unpaired) electrons. The minimum atomic E-state index is -0.978. The number of urea groups is 2. The first-order chi connectivity index (χ1) is 37.3. The van der Waals surface area contributed by atoms with E-state index in [4.69, 9.17) is 37.6 Å². The number of nitrogens with zero attached hydrogens (tertiary/aromatic N) is 2. The van der Waals surface area contributed by atoms with E-state index < -0.39 is 45.3 Å². The summed E-state index contributed by atoms with van der Waals surface area (Å²) < 4.78 is 14.5. The topological polar surface area (TPSA) is 371 Å². The minimum absolute atomic E-state index is 0.00104. The van der Waals surface area contributed by atoms with Gasteiger partial charge in [0.05, 0.1) is 16.5 Å². The number of amides is 6. The fourth-order valence-corrected chi connectivity index (χ4v) is 6.96. The van der Waals surface area contributed by atoms with Crippen LogP contribution in [0.15, 0.2) is 97.1 Å². The van der Waals surface area contributed by atoms with Crippen LogP contribution in [0.25, 0.3) is 0 Å². The molecule has 0 saturated carbocycles.